The second kappa shape index (κ2) is 7.47. The molecule has 19 heavy (non-hydrogen) atoms. The number of rotatable bonds is 6. The monoisotopic (exact) mass is 286 g/mol. The Morgan fingerprint density at radius 3 is 2.74 bits per heavy atom. The van der Waals surface area contributed by atoms with Crippen molar-refractivity contribution in [2.75, 3.05) is 20.3 Å². The van der Waals surface area contributed by atoms with Gasteiger partial charge in [-0.15, -0.1) is 11.3 Å². The number of ether oxygens (including phenoxy) is 1. The number of carbonyl (C=O) groups excluding carboxylic acids is 1. The maximum atomic E-state index is 11.7. The summed E-state index contributed by atoms with van der Waals surface area (Å²) in [5.41, 5.74) is 1.13. The third kappa shape index (κ3) is 5.18. The fourth-order valence-electron chi connectivity index (χ4n) is 1.87. The lowest BCUT2D eigenvalue weighted by Crippen LogP contribution is -2.41. The fraction of sp³-hybridized carbons (Fsp3) is 0.615. The highest BCUT2D eigenvalue weighted by atomic mass is 32.1. The van der Waals surface area contributed by atoms with E-state index in [1.54, 1.807) is 11.3 Å². The minimum Gasteiger partial charge on any atom is -0.389 e. The summed E-state index contributed by atoms with van der Waals surface area (Å²) >= 11 is 1.72. The van der Waals surface area contributed by atoms with Gasteiger partial charge >= 0.3 is 6.03 Å². The molecule has 1 aromatic heterocycles. The fourth-order valence-corrected chi connectivity index (χ4v) is 2.89. The molecule has 0 saturated carbocycles. The lowest BCUT2D eigenvalue weighted by molar-refractivity contribution is 0.0659. The molecule has 0 aromatic carbocycles. The molecule has 2 amide bonds. The van der Waals surface area contributed by atoms with Crippen molar-refractivity contribution in [3.05, 3.63) is 21.4 Å². The number of carbonyl (C=O) groups is 1. The number of amides is 2. The standard InChI is InChI=1S/C13H22N2O3S/c1-8-5-12(10(3)19-8)9(2)15-13(17)14-6-11(16)7-18-4/h5,9,11,16H,6-7H2,1-4H3,(H2,14,15,17). The highest BCUT2D eigenvalue weighted by Crippen LogP contribution is 2.25. The van der Waals surface area contributed by atoms with Gasteiger partial charge < -0.3 is 20.5 Å². The number of aliphatic hydroxyl groups is 1. The summed E-state index contributed by atoms with van der Waals surface area (Å²) in [6.07, 6.45) is -0.684. The molecule has 0 spiro atoms. The molecular formula is C13H22N2O3S. The van der Waals surface area contributed by atoms with Crippen LogP contribution in [0.25, 0.3) is 0 Å². The van der Waals surface area contributed by atoms with Gasteiger partial charge in [0.1, 0.15) is 0 Å². The van der Waals surface area contributed by atoms with Gasteiger partial charge in [0.25, 0.3) is 0 Å². The van der Waals surface area contributed by atoms with Gasteiger partial charge in [-0.1, -0.05) is 0 Å². The van der Waals surface area contributed by atoms with E-state index in [9.17, 15) is 9.90 Å². The molecule has 6 heteroatoms. The van der Waals surface area contributed by atoms with E-state index in [0.717, 1.165) is 5.56 Å². The first-order valence-electron chi connectivity index (χ1n) is 6.22. The summed E-state index contributed by atoms with van der Waals surface area (Å²) in [6, 6.07) is 1.75. The van der Waals surface area contributed by atoms with Gasteiger partial charge in [0.2, 0.25) is 0 Å². The minimum atomic E-state index is -0.684. The second-order valence-electron chi connectivity index (χ2n) is 4.55. The van der Waals surface area contributed by atoms with Gasteiger partial charge in [0.05, 0.1) is 18.8 Å². The molecule has 1 rings (SSSR count). The maximum absolute atomic E-state index is 11.7. The predicted molar refractivity (Wildman–Crippen MR) is 76.6 cm³/mol. The van der Waals surface area contributed by atoms with E-state index in [2.05, 4.69) is 23.6 Å². The first-order chi connectivity index (χ1) is 8.93. The highest BCUT2D eigenvalue weighted by Gasteiger charge is 2.14. The molecule has 5 nitrogen and oxygen atoms in total. The lowest BCUT2D eigenvalue weighted by Gasteiger charge is -2.16. The number of urea groups is 1. The van der Waals surface area contributed by atoms with Crippen LogP contribution in [-0.4, -0.2) is 37.5 Å². The molecule has 0 aliphatic rings. The topological polar surface area (TPSA) is 70.6 Å². The summed E-state index contributed by atoms with van der Waals surface area (Å²) < 4.78 is 4.78. The van der Waals surface area contributed by atoms with Crippen LogP contribution in [0.3, 0.4) is 0 Å². The quantitative estimate of drug-likeness (QED) is 0.746. The van der Waals surface area contributed by atoms with Gasteiger partial charge in [-0.2, -0.15) is 0 Å². The molecule has 1 aromatic rings. The van der Waals surface area contributed by atoms with Crippen molar-refractivity contribution >= 4 is 17.4 Å². The van der Waals surface area contributed by atoms with Crippen LogP contribution in [-0.2, 0) is 4.74 Å². The minimum absolute atomic E-state index is 0.0514. The average Bonchev–Trinajstić information content (AvgIpc) is 2.66. The third-order valence-electron chi connectivity index (χ3n) is 2.75. The number of aryl methyl sites for hydroxylation is 2. The Morgan fingerprint density at radius 1 is 1.53 bits per heavy atom. The summed E-state index contributed by atoms with van der Waals surface area (Å²) in [7, 11) is 1.51. The van der Waals surface area contributed by atoms with Crippen LogP contribution in [0.2, 0.25) is 0 Å². The molecule has 0 aliphatic heterocycles. The number of hydrogen-bond acceptors (Lipinski definition) is 4. The number of aliphatic hydroxyl groups excluding tert-OH is 1. The highest BCUT2D eigenvalue weighted by molar-refractivity contribution is 7.12. The Kier molecular flexibility index (Phi) is 6.27. The van der Waals surface area contributed by atoms with Crippen LogP contribution < -0.4 is 10.6 Å². The number of methoxy groups -OCH3 is 1. The van der Waals surface area contributed by atoms with E-state index in [-0.39, 0.29) is 25.2 Å². The van der Waals surface area contributed by atoms with Crippen LogP contribution >= 0.6 is 11.3 Å². The van der Waals surface area contributed by atoms with E-state index in [4.69, 9.17) is 4.74 Å². The zero-order valence-electron chi connectivity index (χ0n) is 11.8. The Bertz CT molecular complexity index is 420. The summed E-state index contributed by atoms with van der Waals surface area (Å²) in [4.78, 5) is 14.1. The van der Waals surface area contributed by atoms with E-state index in [1.165, 1.54) is 16.9 Å². The van der Waals surface area contributed by atoms with Gasteiger partial charge in [-0.05, 0) is 32.4 Å². The molecule has 2 unspecified atom stereocenters. The summed E-state index contributed by atoms with van der Waals surface area (Å²) in [5, 5.41) is 14.9. The molecule has 0 fully saturated rings. The van der Waals surface area contributed by atoms with Crippen LogP contribution in [0.15, 0.2) is 6.07 Å². The van der Waals surface area contributed by atoms with Crippen molar-refractivity contribution in [2.45, 2.75) is 32.9 Å². The Morgan fingerprint density at radius 2 is 2.21 bits per heavy atom. The van der Waals surface area contributed by atoms with E-state index >= 15 is 0 Å². The maximum Gasteiger partial charge on any atom is 0.315 e. The smallest absolute Gasteiger partial charge is 0.315 e. The van der Waals surface area contributed by atoms with Gasteiger partial charge in [-0.3, -0.25) is 0 Å². The molecular weight excluding hydrogens is 264 g/mol. The van der Waals surface area contributed by atoms with E-state index in [0.29, 0.717) is 0 Å². The molecule has 0 bridgehead atoms. The Balaban J connectivity index is 2.42. The van der Waals surface area contributed by atoms with Gasteiger partial charge in [0.15, 0.2) is 0 Å². The van der Waals surface area contributed by atoms with Crippen LogP contribution in [0.4, 0.5) is 4.79 Å². The summed E-state index contributed by atoms with van der Waals surface area (Å²) in [6.45, 7) is 6.42. The number of hydrogen-bond donors (Lipinski definition) is 3. The molecule has 0 radical (unpaired) electrons. The second-order valence-corrected chi connectivity index (χ2v) is 6.01. The van der Waals surface area contributed by atoms with Crippen molar-refractivity contribution in [1.29, 1.82) is 0 Å². The summed E-state index contributed by atoms with van der Waals surface area (Å²) in [5.74, 6) is 0. The zero-order chi connectivity index (χ0) is 14.4. The molecule has 108 valence electrons. The first-order valence-corrected chi connectivity index (χ1v) is 7.04. The van der Waals surface area contributed by atoms with E-state index < -0.39 is 6.10 Å². The Hall–Kier alpha value is -1.11. The molecule has 3 N–H and O–H groups in total. The first kappa shape index (κ1) is 15.9. The van der Waals surface area contributed by atoms with Crippen LogP contribution in [0, 0.1) is 13.8 Å². The average molecular weight is 286 g/mol. The van der Waals surface area contributed by atoms with E-state index in [1.807, 2.05) is 13.8 Å². The van der Waals surface area contributed by atoms with Crippen molar-refractivity contribution in [1.82, 2.24) is 10.6 Å². The number of thiophene rings is 1. The molecule has 0 aliphatic carbocycles. The lowest BCUT2D eigenvalue weighted by atomic mass is 10.1. The van der Waals surface area contributed by atoms with Crippen molar-refractivity contribution in [3.63, 3.8) is 0 Å². The van der Waals surface area contributed by atoms with Crippen LogP contribution in [0.5, 0.6) is 0 Å². The van der Waals surface area contributed by atoms with Gasteiger partial charge in [-0.25, -0.2) is 4.79 Å². The number of nitrogens with one attached hydrogen (secondary N) is 2. The molecule has 2 atom stereocenters. The van der Waals surface area contributed by atoms with Crippen molar-refractivity contribution < 1.29 is 14.6 Å². The van der Waals surface area contributed by atoms with Crippen molar-refractivity contribution in [3.8, 4) is 0 Å². The third-order valence-corrected chi connectivity index (χ3v) is 3.73. The molecule has 1 heterocycles. The zero-order valence-corrected chi connectivity index (χ0v) is 12.6. The SMILES string of the molecule is COCC(O)CNC(=O)NC(C)c1cc(C)sc1C. The Labute approximate surface area is 118 Å². The van der Waals surface area contributed by atoms with Gasteiger partial charge in [0, 0.05) is 23.4 Å². The largest absolute Gasteiger partial charge is 0.389 e. The van der Waals surface area contributed by atoms with Crippen LogP contribution in [0.1, 0.15) is 28.3 Å². The normalized spacial score (nSPS) is 13.9. The van der Waals surface area contributed by atoms with Crippen molar-refractivity contribution in [2.24, 2.45) is 0 Å². The predicted octanol–water partition coefficient (Wildman–Crippen LogP) is 1.73. The molecule has 0 saturated heterocycles.